The van der Waals surface area contributed by atoms with Crippen molar-refractivity contribution in [3.8, 4) is 17.2 Å². The average molecular weight is 423 g/mol. The van der Waals surface area contributed by atoms with Gasteiger partial charge in [0.15, 0.2) is 11.5 Å². The van der Waals surface area contributed by atoms with E-state index in [0.29, 0.717) is 51.5 Å². The zero-order valence-electron chi connectivity index (χ0n) is 15.7. The number of halogens is 2. The van der Waals surface area contributed by atoms with Gasteiger partial charge in [-0.2, -0.15) is 0 Å². The summed E-state index contributed by atoms with van der Waals surface area (Å²) in [5.41, 5.74) is 1.89. The summed E-state index contributed by atoms with van der Waals surface area (Å²) in [5, 5.41) is 4.60. The summed E-state index contributed by atoms with van der Waals surface area (Å²) in [6.45, 7) is 0.409. The van der Waals surface area contributed by atoms with Crippen molar-refractivity contribution < 1.29 is 19.0 Å². The zero-order chi connectivity index (χ0) is 20.3. The van der Waals surface area contributed by atoms with Crippen molar-refractivity contribution in [2.75, 3.05) is 27.9 Å². The molecule has 2 N–H and O–H groups in total. The highest BCUT2D eigenvalue weighted by Crippen LogP contribution is 2.41. The molecule has 0 saturated carbocycles. The number of fused-ring (bicyclic) bond motifs is 1. The highest BCUT2D eigenvalue weighted by molar-refractivity contribution is 6.42. The van der Waals surface area contributed by atoms with Crippen LogP contribution in [-0.4, -0.2) is 38.8 Å². The van der Waals surface area contributed by atoms with Crippen molar-refractivity contribution >= 4 is 40.0 Å². The Balaban J connectivity index is 1.81. The number of methoxy groups -OCH3 is 3. The molecule has 28 heavy (non-hydrogen) atoms. The maximum absolute atomic E-state index is 12.6. The first-order chi connectivity index (χ1) is 13.5. The third-order valence-corrected chi connectivity index (χ3v) is 5.25. The van der Waals surface area contributed by atoms with E-state index in [1.807, 2.05) is 12.1 Å². The summed E-state index contributed by atoms with van der Waals surface area (Å²) < 4.78 is 16.2. The molecule has 3 aromatic rings. The maximum atomic E-state index is 12.6. The molecule has 2 aromatic carbocycles. The molecule has 8 heteroatoms. The summed E-state index contributed by atoms with van der Waals surface area (Å²) in [5.74, 6) is 1.34. The number of benzene rings is 2. The topological polar surface area (TPSA) is 72.6 Å². The maximum Gasteiger partial charge on any atom is 0.267 e. The number of amides is 1. The molecule has 0 aliphatic heterocycles. The van der Waals surface area contributed by atoms with Crippen LogP contribution in [0.1, 0.15) is 16.1 Å². The van der Waals surface area contributed by atoms with Gasteiger partial charge in [0, 0.05) is 18.0 Å². The fourth-order valence-corrected chi connectivity index (χ4v) is 3.42. The molecule has 0 bridgehead atoms. The van der Waals surface area contributed by atoms with E-state index in [-0.39, 0.29) is 5.91 Å². The smallest absolute Gasteiger partial charge is 0.267 e. The van der Waals surface area contributed by atoms with Gasteiger partial charge in [-0.15, -0.1) is 0 Å². The van der Waals surface area contributed by atoms with Crippen LogP contribution >= 0.6 is 23.2 Å². The number of aromatic nitrogens is 1. The van der Waals surface area contributed by atoms with Crippen molar-refractivity contribution in [2.45, 2.75) is 6.42 Å². The van der Waals surface area contributed by atoms with Crippen LogP contribution in [0, 0.1) is 0 Å². The third kappa shape index (κ3) is 3.84. The van der Waals surface area contributed by atoms with Crippen LogP contribution in [0.15, 0.2) is 30.3 Å². The molecule has 0 radical (unpaired) electrons. The molecule has 0 atom stereocenters. The number of ether oxygens (including phenoxy) is 3. The molecule has 1 aromatic heterocycles. The van der Waals surface area contributed by atoms with Gasteiger partial charge in [0.2, 0.25) is 0 Å². The van der Waals surface area contributed by atoms with Gasteiger partial charge >= 0.3 is 0 Å². The molecule has 0 saturated heterocycles. The second kappa shape index (κ2) is 8.63. The van der Waals surface area contributed by atoms with Gasteiger partial charge in [-0.1, -0.05) is 35.3 Å². The largest absolute Gasteiger partial charge is 0.496 e. The number of hydrogen-bond acceptors (Lipinski definition) is 4. The van der Waals surface area contributed by atoms with E-state index in [4.69, 9.17) is 37.4 Å². The molecule has 1 heterocycles. The normalized spacial score (nSPS) is 10.8. The molecule has 1 amide bonds. The molecule has 3 rings (SSSR count). The van der Waals surface area contributed by atoms with E-state index >= 15 is 0 Å². The van der Waals surface area contributed by atoms with Gasteiger partial charge in [-0.05, 0) is 24.1 Å². The minimum Gasteiger partial charge on any atom is -0.496 e. The third-order valence-electron chi connectivity index (χ3n) is 4.40. The van der Waals surface area contributed by atoms with Crippen LogP contribution in [0.25, 0.3) is 10.9 Å². The first-order valence-corrected chi connectivity index (χ1v) is 9.28. The van der Waals surface area contributed by atoms with Crippen LogP contribution in [0.5, 0.6) is 17.2 Å². The van der Waals surface area contributed by atoms with Crippen molar-refractivity contribution in [3.63, 3.8) is 0 Å². The van der Waals surface area contributed by atoms with E-state index in [2.05, 4.69) is 10.3 Å². The van der Waals surface area contributed by atoms with Gasteiger partial charge in [-0.25, -0.2) is 0 Å². The standard InChI is InChI=1S/C20H20Cl2N2O4/c1-26-15-10-16(27-2)19(28-3)18-12(15)9-14(24-18)20(25)23-8-7-11-5-4-6-13(21)17(11)22/h4-6,9-10,24H,7-8H2,1-3H3,(H,23,25). The monoisotopic (exact) mass is 422 g/mol. The quantitative estimate of drug-likeness (QED) is 0.588. The van der Waals surface area contributed by atoms with Crippen LogP contribution in [-0.2, 0) is 6.42 Å². The summed E-state index contributed by atoms with van der Waals surface area (Å²) in [6, 6.07) is 8.88. The Morgan fingerprint density at radius 3 is 2.50 bits per heavy atom. The lowest BCUT2D eigenvalue weighted by Gasteiger charge is -2.11. The van der Waals surface area contributed by atoms with Crippen LogP contribution in [0.2, 0.25) is 10.0 Å². The number of nitrogens with one attached hydrogen (secondary N) is 2. The lowest BCUT2D eigenvalue weighted by atomic mass is 10.1. The number of aromatic amines is 1. The Bertz CT molecular complexity index is 1020. The molecule has 0 unspecified atom stereocenters. The van der Waals surface area contributed by atoms with Gasteiger partial charge in [0.1, 0.15) is 11.4 Å². The molecule has 6 nitrogen and oxygen atoms in total. The van der Waals surface area contributed by atoms with Crippen molar-refractivity contribution in [2.24, 2.45) is 0 Å². The highest BCUT2D eigenvalue weighted by atomic mass is 35.5. The van der Waals surface area contributed by atoms with E-state index in [9.17, 15) is 4.79 Å². The average Bonchev–Trinajstić information content (AvgIpc) is 3.15. The number of carbonyl (C=O) groups is 1. The molecular weight excluding hydrogens is 403 g/mol. The van der Waals surface area contributed by atoms with E-state index in [1.165, 1.54) is 0 Å². The second-order valence-electron chi connectivity index (χ2n) is 6.00. The van der Waals surface area contributed by atoms with Crippen LogP contribution < -0.4 is 19.5 Å². The number of rotatable bonds is 7. The van der Waals surface area contributed by atoms with Crippen molar-refractivity contribution in [3.05, 3.63) is 51.6 Å². The lowest BCUT2D eigenvalue weighted by molar-refractivity contribution is 0.0950. The Morgan fingerprint density at radius 1 is 1.07 bits per heavy atom. The lowest BCUT2D eigenvalue weighted by Crippen LogP contribution is -2.26. The van der Waals surface area contributed by atoms with E-state index < -0.39 is 0 Å². The summed E-state index contributed by atoms with van der Waals surface area (Å²) in [7, 11) is 4.64. The summed E-state index contributed by atoms with van der Waals surface area (Å²) in [4.78, 5) is 15.7. The molecule has 0 spiro atoms. The molecule has 0 fully saturated rings. The fourth-order valence-electron chi connectivity index (χ4n) is 3.01. The first kappa shape index (κ1) is 20.2. The molecule has 0 aliphatic rings. The highest BCUT2D eigenvalue weighted by Gasteiger charge is 2.19. The minimum absolute atomic E-state index is 0.252. The van der Waals surface area contributed by atoms with Crippen LogP contribution in [0.4, 0.5) is 0 Å². The Hall–Kier alpha value is -2.57. The predicted molar refractivity (Wildman–Crippen MR) is 110 cm³/mol. The summed E-state index contributed by atoms with van der Waals surface area (Å²) in [6.07, 6.45) is 0.561. The molecule has 148 valence electrons. The predicted octanol–water partition coefficient (Wildman–Crippen LogP) is 4.47. The summed E-state index contributed by atoms with van der Waals surface area (Å²) >= 11 is 12.2. The van der Waals surface area contributed by atoms with Gasteiger partial charge in [0.05, 0.1) is 36.9 Å². The molecule has 0 aliphatic carbocycles. The second-order valence-corrected chi connectivity index (χ2v) is 6.79. The molecular formula is C20H20Cl2N2O4. The Labute approximate surface area is 172 Å². The fraction of sp³-hybridized carbons (Fsp3) is 0.250. The van der Waals surface area contributed by atoms with Gasteiger partial charge in [0.25, 0.3) is 5.91 Å². The SMILES string of the molecule is COc1cc(OC)c2cc(C(=O)NCCc3cccc(Cl)c3Cl)[nH]c2c1OC. The van der Waals surface area contributed by atoms with Gasteiger partial charge < -0.3 is 24.5 Å². The Morgan fingerprint density at radius 2 is 1.82 bits per heavy atom. The minimum atomic E-state index is -0.252. The zero-order valence-corrected chi connectivity index (χ0v) is 17.2. The van der Waals surface area contributed by atoms with Gasteiger partial charge in [-0.3, -0.25) is 4.79 Å². The number of hydrogen-bond donors (Lipinski definition) is 2. The van der Waals surface area contributed by atoms with E-state index in [0.717, 1.165) is 10.9 Å². The first-order valence-electron chi connectivity index (χ1n) is 8.53. The van der Waals surface area contributed by atoms with E-state index in [1.54, 1.807) is 39.5 Å². The number of carbonyl (C=O) groups excluding carboxylic acids is 1. The van der Waals surface area contributed by atoms with Crippen molar-refractivity contribution in [1.82, 2.24) is 10.3 Å². The Kier molecular flexibility index (Phi) is 6.21. The number of H-pyrrole nitrogens is 1. The van der Waals surface area contributed by atoms with Crippen molar-refractivity contribution in [1.29, 1.82) is 0 Å². The van der Waals surface area contributed by atoms with Crippen LogP contribution in [0.3, 0.4) is 0 Å².